The summed E-state index contributed by atoms with van der Waals surface area (Å²) in [6.07, 6.45) is 3.45. The van der Waals surface area contributed by atoms with Gasteiger partial charge in [-0.3, -0.25) is 19.3 Å². The van der Waals surface area contributed by atoms with Gasteiger partial charge in [-0.15, -0.1) is 0 Å². The lowest BCUT2D eigenvalue weighted by Crippen LogP contribution is -2.39. The van der Waals surface area contributed by atoms with E-state index >= 15 is 0 Å². The second-order valence-electron chi connectivity index (χ2n) is 10.3. The molecule has 8 nitrogen and oxygen atoms in total. The lowest BCUT2D eigenvalue weighted by molar-refractivity contribution is -0.122. The molecule has 1 aliphatic heterocycles. The number of rotatable bonds is 7. The van der Waals surface area contributed by atoms with E-state index in [1.807, 2.05) is 34.9 Å². The topological polar surface area (TPSA) is 106 Å². The molecule has 0 saturated carbocycles. The minimum atomic E-state index is -0.679. The number of piperidine rings is 1. The number of aromatic amines is 1. The fourth-order valence-corrected chi connectivity index (χ4v) is 4.26. The molecule has 0 radical (unpaired) electrons. The van der Waals surface area contributed by atoms with Crippen LogP contribution in [0.3, 0.4) is 0 Å². The van der Waals surface area contributed by atoms with Gasteiger partial charge >= 0.3 is 5.69 Å². The van der Waals surface area contributed by atoms with Crippen LogP contribution in [-0.2, 0) is 11.3 Å². The van der Waals surface area contributed by atoms with Gasteiger partial charge < -0.3 is 10.2 Å². The standard InChI is InChI=1S/C25H36N6O2/c1-25(2,3)12-9-20(23(32)27-14-13-26)28-22-19-7-5-6-8-21(19)31(24(33)29-22)17-18-10-15-30(4)16-11-18/h5-8,18,20H,9-12,14-17H2,1-4H3,(H,27,32)(H,28,29,33). The average molecular weight is 453 g/mol. The highest BCUT2D eigenvalue weighted by Crippen LogP contribution is 2.23. The van der Waals surface area contributed by atoms with Crippen molar-refractivity contribution in [1.82, 2.24) is 19.8 Å². The Kier molecular flexibility index (Phi) is 8.09. The van der Waals surface area contributed by atoms with Gasteiger partial charge in [0, 0.05) is 11.9 Å². The molecule has 178 valence electrons. The minimum Gasteiger partial charge on any atom is -0.341 e. The van der Waals surface area contributed by atoms with Crippen LogP contribution >= 0.6 is 0 Å². The molecule has 8 heteroatoms. The Morgan fingerprint density at radius 2 is 2.00 bits per heavy atom. The van der Waals surface area contributed by atoms with Gasteiger partial charge in [-0.2, -0.15) is 5.26 Å². The number of nitriles is 1. The van der Waals surface area contributed by atoms with Crippen LogP contribution in [0.2, 0.25) is 0 Å². The predicted octanol–water partition coefficient (Wildman–Crippen LogP) is 2.41. The van der Waals surface area contributed by atoms with Gasteiger partial charge in [-0.05, 0) is 69.3 Å². The van der Waals surface area contributed by atoms with Crippen LogP contribution in [0.5, 0.6) is 0 Å². The zero-order chi connectivity index (χ0) is 24.0. The molecule has 0 aliphatic carbocycles. The summed E-state index contributed by atoms with van der Waals surface area (Å²) in [4.78, 5) is 35.8. The van der Waals surface area contributed by atoms with Crippen LogP contribution in [-0.4, -0.2) is 53.1 Å². The molecule has 2 heterocycles. The van der Waals surface area contributed by atoms with Crippen molar-refractivity contribution in [3.05, 3.63) is 40.2 Å². The number of nitrogens with zero attached hydrogens (tertiary/aromatic N) is 4. The van der Waals surface area contributed by atoms with Crippen LogP contribution in [0.15, 0.2) is 34.1 Å². The van der Waals surface area contributed by atoms with Gasteiger partial charge in [0.05, 0.1) is 11.6 Å². The molecule has 1 fully saturated rings. The number of nitrogens with one attached hydrogen (secondary N) is 2. The summed E-state index contributed by atoms with van der Waals surface area (Å²) in [6, 6.07) is 8.98. The number of H-pyrrole nitrogens is 1. The molecular formula is C25H36N6O2. The van der Waals surface area contributed by atoms with Gasteiger partial charge in [-0.25, -0.2) is 4.79 Å². The van der Waals surface area contributed by atoms with Crippen LogP contribution in [0, 0.1) is 22.7 Å². The number of hydrogen-bond donors (Lipinski definition) is 2. The maximum absolute atomic E-state index is 13.1. The second-order valence-corrected chi connectivity index (χ2v) is 10.3. The van der Waals surface area contributed by atoms with Crippen LogP contribution in [0.4, 0.5) is 0 Å². The number of amides is 1. The summed E-state index contributed by atoms with van der Waals surface area (Å²) in [7, 11) is 2.13. The molecular weight excluding hydrogens is 416 g/mol. The highest BCUT2D eigenvalue weighted by molar-refractivity contribution is 5.82. The third-order valence-corrected chi connectivity index (χ3v) is 6.30. The average Bonchev–Trinajstić information content (AvgIpc) is 2.78. The van der Waals surface area contributed by atoms with E-state index in [0.717, 1.165) is 43.3 Å². The first kappa shape index (κ1) is 24.7. The molecule has 1 aromatic carbocycles. The van der Waals surface area contributed by atoms with E-state index in [-0.39, 0.29) is 23.6 Å². The summed E-state index contributed by atoms with van der Waals surface area (Å²) in [5.41, 5.74) is 1.07. The van der Waals surface area contributed by atoms with Crippen LogP contribution in [0.25, 0.3) is 10.9 Å². The van der Waals surface area contributed by atoms with Gasteiger partial charge in [0.1, 0.15) is 18.1 Å². The molecule has 0 spiro atoms. The van der Waals surface area contributed by atoms with Crippen molar-refractivity contribution in [3.63, 3.8) is 0 Å². The smallest absolute Gasteiger partial charge is 0.327 e. The van der Waals surface area contributed by atoms with Crippen molar-refractivity contribution in [1.29, 1.82) is 5.26 Å². The summed E-state index contributed by atoms with van der Waals surface area (Å²) in [5, 5.41) is 12.3. The molecule has 2 aromatic rings. The molecule has 1 unspecified atom stereocenters. The van der Waals surface area contributed by atoms with Gasteiger partial charge in [0.15, 0.2) is 0 Å². The van der Waals surface area contributed by atoms with E-state index in [0.29, 0.717) is 24.4 Å². The lowest BCUT2D eigenvalue weighted by Gasteiger charge is -2.29. The normalized spacial score (nSPS) is 17.1. The number of fused-ring (bicyclic) bond motifs is 1. The molecule has 2 N–H and O–H groups in total. The second kappa shape index (κ2) is 10.8. The first-order chi connectivity index (χ1) is 15.7. The van der Waals surface area contributed by atoms with Crippen molar-refractivity contribution in [3.8, 4) is 6.07 Å². The summed E-state index contributed by atoms with van der Waals surface area (Å²) in [6.45, 7) is 9.03. The zero-order valence-electron chi connectivity index (χ0n) is 20.2. The molecule has 1 aromatic heterocycles. The van der Waals surface area contributed by atoms with Gasteiger partial charge in [-0.1, -0.05) is 32.9 Å². The molecule has 1 amide bonds. The fourth-order valence-electron chi connectivity index (χ4n) is 4.26. The summed E-state index contributed by atoms with van der Waals surface area (Å²) in [5.74, 6) is 0.156. The molecule has 1 atom stereocenters. The fraction of sp³-hybridized carbons (Fsp3) is 0.600. The van der Waals surface area contributed by atoms with E-state index in [1.54, 1.807) is 0 Å². The monoisotopic (exact) mass is 452 g/mol. The SMILES string of the molecule is CN1CCC(Cn2c(=O)[nH]/c(=N/C(CCC(C)(C)C)C(=O)NCC#N)c3ccccc32)CC1. The van der Waals surface area contributed by atoms with Crippen LogP contribution < -0.4 is 16.5 Å². The minimum absolute atomic E-state index is 0.0343. The third kappa shape index (κ3) is 6.78. The van der Waals surface area contributed by atoms with Crippen molar-refractivity contribution in [2.24, 2.45) is 16.3 Å². The number of carbonyl (C=O) groups is 1. The Morgan fingerprint density at radius 3 is 2.67 bits per heavy atom. The van der Waals surface area contributed by atoms with E-state index < -0.39 is 6.04 Å². The van der Waals surface area contributed by atoms with E-state index in [4.69, 9.17) is 10.3 Å². The first-order valence-corrected chi connectivity index (χ1v) is 11.8. The van der Waals surface area contributed by atoms with E-state index in [1.165, 1.54) is 0 Å². The Labute approximate surface area is 195 Å². The molecule has 33 heavy (non-hydrogen) atoms. The zero-order valence-corrected chi connectivity index (χ0v) is 20.2. The molecule has 1 aliphatic rings. The van der Waals surface area contributed by atoms with Crippen molar-refractivity contribution in [2.75, 3.05) is 26.7 Å². The number of para-hydroxylation sites is 1. The predicted molar refractivity (Wildman–Crippen MR) is 129 cm³/mol. The van der Waals surface area contributed by atoms with Crippen LogP contribution in [0.1, 0.15) is 46.5 Å². The number of benzene rings is 1. The number of aromatic nitrogens is 2. The molecule has 1 saturated heterocycles. The summed E-state index contributed by atoms with van der Waals surface area (Å²) < 4.78 is 1.81. The van der Waals surface area contributed by atoms with Gasteiger partial charge in [0.2, 0.25) is 5.91 Å². The molecule has 3 rings (SSSR count). The Bertz CT molecular complexity index is 1130. The lowest BCUT2D eigenvalue weighted by atomic mass is 9.88. The Hall–Kier alpha value is -2.92. The highest BCUT2D eigenvalue weighted by Gasteiger charge is 2.22. The van der Waals surface area contributed by atoms with Crippen molar-refractivity contribution >= 4 is 16.8 Å². The maximum atomic E-state index is 13.1. The Balaban J connectivity index is 2.01. The van der Waals surface area contributed by atoms with E-state index in [2.05, 4.69) is 43.0 Å². The first-order valence-electron chi connectivity index (χ1n) is 11.8. The largest absolute Gasteiger partial charge is 0.341 e. The number of likely N-dealkylation sites (tertiary alicyclic amines) is 1. The summed E-state index contributed by atoms with van der Waals surface area (Å²) >= 11 is 0. The molecule has 0 bridgehead atoms. The Morgan fingerprint density at radius 1 is 1.30 bits per heavy atom. The van der Waals surface area contributed by atoms with Crippen molar-refractivity contribution in [2.45, 2.75) is 59.0 Å². The number of carbonyl (C=O) groups excluding carboxylic acids is 1. The third-order valence-electron chi connectivity index (χ3n) is 6.30. The van der Waals surface area contributed by atoms with E-state index in [9.17, 15) is 9.59 Å². The number of hydrogen-bond acceptors (Lipinski definition) is 5. The van der Waals surface area contributed by atoms with Crippen molar-refractivity contribution < 1.29 is 4.79 Å². The highest BCUT2D eigenvalue weighted by atomic mass is 16.2. The van der Waals surface area contributed by atoms with Gasteiger partial charge in [0.25, 0.3) is 0 Å². The quantitative estimate of drug-likeness (QED) is 0.629. The maximum Gasteiger partial charge on any atom is 0.327 e.